The van der Waals surface area contributed by atoms with E-state index >= 15 is 0 Å². The van der Waals surface area contributed by atoms with Crippen LogP contribution < -0.4 is 10.9 Å². The molecule has 3 aromatic carbocycles. The number of fused-ring (bicyclic) bond motifs is 1. The monoisotopic (exact) mass is 493 g/mol. The van der Waals surface area contributed by atoms with Crippen LogP contribution in [-0.4, -0.2) is 35.9 Å². The van der Waals surface area contributed by atoms with Crippen molar-refractivity contribution < 1.29 is 13.2 Å². The minimum atomic E-state index is -3.51. The van der Waals surface area contributed by atoms with Crippen LogP contribution in [-0.2, 0) is 14.6 Å². The lowest BCUT2D eigenvalue weighted by Gasteiger charge is -2.16. The Morgan fingerprint density at radius 3 is 2.47 bits per heavy atom. The minimum Gasteiger partial charge on any atom is -0.324 e. The van der Waals surface area contributed by atoms with Gasteiger partial charge in [-0.1, -0.05) is 48.2 Å². The van der Waals surface area contributed by atoms with Crippen molar-refractivity contribution in [3.05, 3.63) is 88.2 Å². The van der Waals surface area contributed by atoms with Gasteiger partial charge in [0.05, 0.1) is 32.9 Å². The van der Waals surface area contributed by atoms with Crippen molar-refractivity contribution in [2.45, 2.75) is 23.9 Å². The molecule has 1 amide bonds. The van der Waals surface area contributed by atoms with Crippen molar-refractivity contribution in [1.29, 1.82) is 0 Å². The lowest BCUT2D eigenvalue weighted by atomic mass is 10.1. The van der Waals surface area contributed by atoms with Gasteiger partial charge < -0.3 is 5.32 Å². The standard InChI is InChI=1S/C25H23N3O4S2/c1-16-9-8-13-21(17(16)2)28-24(30)18-10-4-5-11-19(18)27-25(28)33-15-23(29)26-20-12-6-7-14-22(20)34(3,31)32/h4-14H,15H2,1-3H3,(H,26,29). The smallest absolute Gasteiger partial charge is 0.266 e. The fraction of sp³-hybridized carbons (Fsp3) is 0.160. The summed E-state index contributed by atoms with van der Waals surface area (Å²) in [6.07, 6.45) is 1.09. The molecule has 4 aromatic rings. The molecule has 34 heavy (non-hydrogen) atoms. The van der Waals surface area contributed by atoms with E-state index in [0.717, 1.165) is 29.1 Å². The van der Waals surface area contributed by atoms with Crippen LogP contribution in [0.25, 0.3) is 16.6 Å². The molecular formula is C25H23N3O4S2. The number of para-hydroxylation sites is 2. The van der Waals surface area contributed by atoms with E-state index in [-0.39, 0.29) is 21.9 Å². The number of hydrogen-bond acceptors (Lipinski definition) is 6. The van der Waals surface area contributed by atoms with Crippen LogP contribution in [0.3, 0.4) is 0 Å². The molecule has 0 radical (unpaired) electrons. The SMILES string of the molecule is Cc1cccc(-n2c(SCC(=O)Nc3ccccc3S(C)(=O)=O)nc3ccccc3c2=O)c1C. The molecule has 1 N–H and O–H groups in total. The number of aromatic nitrogens is 2. The van der Waals surface area contributed by atoms with E-state index in [1.165, 1.54) is 10.6 Å². The lowest BCUT2D eigenvalue weighted by molar-refractivity contribution is -0.113. The van der Waals surface area contributed by atoms with Crippen LogP contribution in [0.4, 0.5) is 5.69 Å². The van der Waals surface area contributed by atoms with Gasteiger partial charge in [-0.15, -0.1) is 0 Å². The van der Waals surface area contributed by atoms with Gasteiger partial charge in [-0.25, -0.2) is 13.4 Å². The number of sulfone groups is 1. The molecule has 1 aromatic heterocycles. The van der Waals surface area contributed by atoms with Gasteiger partial charge in [-0.05, 0) is 55.3 Å². The second-order valence-electron chi connectivity index (χ2n) is 7.88. The second-order valence-corrected chi connectivity index (χ2v) is 10.8. The number of nitrogens with one attached hydrogen (secondary N) is 1. The molecule has 174 valence electrons. The molecule has 0 spiro atoms. The maximum Gasteiger partial charge on any atom is 0.266 e. The molecule has 0 saturated carbocycles. The van der Waals surface area contributed by atoms with Gasteiger partial charge in [-0.3, -0.25) is 14.2 Å². The number of carbonyl (C=O) groups is 1. The number of nitrogens with zero attached hydrogens (tertiary/aromatic N) is 2. The summed E-state index contributed by atoms with van der Waals surface area (Å²) in [5.74, 6) is -0.468. The molecule has 0 fully saturated rings. The van der Waals surface area contributed by atoms with E-state index in [9.17, 15) is 18.0 Å². The molecule has 1 heterocycles. The Hall–Kier alpha value is -3.43. The van der Waals surface area contributed by atoms with Gasteiger partial charge >= 0.3 is 0 Å². The fourth-order valence-electron chi connectivity index (χ4n) is 3.61. The number of carbonyl (C=O) groups excluding carboxylic acids is 1. The number of amides is 1. The van der Waals surface area contributed by atoms with Gasteiger partial charge in [0.1, 0.15) is 0 Å². The highest BCUT2D eigenvalue weighted by Crippen LogP contribution is 2.25. The predicted molar refractivity (Wildman–Crippen MR) is 136 cm³/mol. The van der Waals surface area contributed by atoms with Crippen molar-refractivity contribution in [2.75, 3.05) is 17.3 Å². The van der Waals surface area contributed by atoms with E-state index in [2.05, 4.69) is 10.3 Å². The summed E-state index contributed by atoms with van der Waals surface area (Å²) < 4.78 is 25.6. The molecule has 9 heteroatoms. The molecule has 7 nitrogen and oxygen atoms in total. The molecule has 0 saturated heterocycles. The summed E-state index contributed by atoms with van der Waals surface area (Å²) >= 11 is 1.12. The van der Waals surface area contributed by atoms with E-state index in [1.54, 1.807) is 42.5 Å². The summed E-state index contributed by atoms with van der Waals surface area (Å²) in [5.41, 5.74) is 3.21. The van der Waals surface area contributed by atoms with Gasteiger partial charge in [0, 0.05) is 6.26 Å². The second kappa shape index (κ2) is 9.44. The average Bonchev–Trinajstić information content (AvgIpc) is 2.80. The number of hydrogen-bond donors (Lipinski definition) is 1. The zero-order valence-corrected chi connectivity index (χ0v) is 20.5. The van der Waals surface area contributed by atoms with Crippen LogP contribution in [0.15, 0.2) is 81.6 Å². The number of anilines is 1. The summed E-state index contributed by atoms with van der Waals surface area (Å²) in [6.45, 7) is 3.91. The summed E-state index contributed by atoms with van der Waals surface area (Å²) in [5, 5.41) is 3.53. The number of thioether (sulfide) groups is 1. The molecule has 0 unspecified atom stereocenters. The molecule has 0 atom stereocenters. The zero-order chi connectivity index (χ0) is 24.5. The third-order valence-corrected chi connectivity index (χ3v) is 7.55. The third-order valence-electron chi connectivity index (χ3n) is 5.45. The average molecular weight is 494 g/mol. The van der Waals surface area contributed by atoms with Crippen molar-refractivity contribution in [2.24, 2.45) is 0 Å². The van der Waals surface area contributed by atoms with Crippen molar-refractivity contribution in [3.63, 3.8) is 0 Å². The minimum absolute atomic E-state index is 0.0458. The lowest BCUT2D eigenvalue weighted by Crippen LogP contribution is -2.24. The highest BCUT2D eigenvalue weighted by atomic mass is 32.2. The number of benzene rings is 3. The molecule has 0 aliphatic rings. The maximum atomic E-state index is 13.4. The van der Waals surface area contributed by atoms with Crippen LogP contribution in [0.5, 0.6) is 0 Å². The zero-order valence-electron chi connectivity index (χ0n) is 18.9. The third kappa shape index (κ3) is 4.76. The van der Waals surface area contributed by atoms with Crippen LogP contribution in [0.1, 0.15) is 11.1 Å². The molecule has 0 aliphatic carbocycles. The van der Waals surface area contributed by atoms with Gasteiger partial charge in [0.25, 0.3) is 5.56 Å². The van der Waals surface area contributed by atoms with Crippen molar-refractivity contribution in [3.8, 4) is 5.69 Å². The largest absolute Gasteiger partial charge is 0.324 e. The van der Waals surface area contributed by atoms with E-state index in [1.807, 2.05) is 32.0 Å². The highest BCUT2D eigenvalue weighted by molar-refractivity contribution is 7.99. The van der Waals surface area contributed by atoms with E-state index < -0.39 is 15.7 Å². The quantitative estimate of drug-likeness (QED) is 0.320. The van der Waals surface area contributed by atoms with Gasteiger partial charge in [0.2, 0.25) is 5.91 Å². The Bertz CT molecular complexity index is 1580. The fourth-order valence-corrected chi connectivity index (χ4v) is 5.26. The Balaban J connectivity index is 1.71. The van der Waals surface area contributed by atoms with E-state index in [0.29, 0.717) is 21.7 Å². The molecule has 4 rings (SSSR count). The van der Waals surface area contributed by atoms with Crippen LogP contribution >= 0.6 is 11.8 Å². The van der Waals surface area contributed by atoms with Crippen molar-refractivity contribution >= 4 is 44.1 Å². The van der Waals surface area contributed by atoms with Crippen molar-refractivity contribution in [1.82, 2.24) is 9.55 Å². The molecular weight excluding hydrogens is 470 g/mol. The number of aryl methyl sites for hydroxylation is 1. The van der Waals surface area contributed by atoms with E-state index in [4.69, 9.17) is 0 Å². The van der Waals surface area contributed by atoms with Crippen LogP contribution in [0, 0.1) is 13.8 Å². The Morgan fingerprint density at radius 1 is 1.00 bits per heavy atom. The number of rotatable bonds is 6. The first-order valence-corrected chi connectivity index (χ1v) is 13.3. The van der Waals surface area contributed by atoms with Gasteiger partial charge in [0.15, 0.2) is 15.0 Å². The van der Waals surface area contributed by atoms with Gasteiger partial charge in [-0.2, -0.15) is 0 Å². The Labute approximate surface area is 201 Å². The topological polar surface area (TPSA) is 98.1 Å². The summed E-state index contributed by atoms with van der Waals surface area (Å²) in [6, 6.07) is 19.0. The summed E-state index contributed by atoms with van der Waals surface area (Å²) in [4.78, 5) is 30.9. The molecule has 0 bridgehead atoms. The Morgan fingerprint density at radius 2 is 1.71 bits per heavy atom. The Kier molecular flexibility index (Phi) is 6.58. The highest BCUT2D eigenvalue weighted by Gasteiger charge is 2.18. The first-order chi connectivity index (χ1) is 16.2. The summed E-state index contributed by atoms with van der Waals surface area (Å²) in [7, 11) is -3.51. The first-order valence-electron chi connectivity index (χ1n) is 10.5. The molecule has 0 aliphatic heterocycles. The normalized spacial score (nSPS) is 11.5. The first kappa shape index (κ1) is 23.7. The van der Waals surface area contributed by atoms with Crippen LogP contribution in [0.2, 0.25) is 0 Å². The predicted octanol–water partition coefficient (Wildman–Crippen LogP) is 4.14. The maximum absolute atomic E-state index is 13.4.